The maximum absolute atomic E-state index is 11.8. The molecule has 0 spiro atoms. The molecule has 3 aromatic rings. The van der Waals surface area contributed by atoms with Crippen LogP contribution in [0.5, 0.6) is 0 Å². The van der Waals surface area contributed by atoms with E-state index in [1.165, 1.54) is 7.11 Å². The van der Waals surface area contributed by atoms with E-state index in [4.69, 9.17) is 27.9 Å². The minimum atomic E-state index is -0.533. The molecule has 0 aliphatic rings. The molecule has 0 atom stereocenters. The lowest BCUT2D eigenvalue weighted by Crippen LogP contribution is -2.08. The minimum Gasteiger partial charge on any atom is -0.464 e. The summed E-state index contributed by atoms with van der Waals surface area (Å²) < 4.78 is 4.74. The number of rotatable bonds is 3. The van der Waals surface area contributed by atoms with Crippen molar-refractivity contribution >= 4 is 51.4 Å². The molecule has 3 rings (SSSR count). The fourth-order valence-corrected chi connectivity index (χ4v) is 2.45. The van der Waals surface area contributed by atoms with Crippen molar-refractivity contribution in [2.45, 2.75) is 0 Å². The fraction of sp³-hybridized carbons (Fsp3) is 0.0625. The molecule has 0 radical (unpaired) electrons. The molecule has 0 saturated heterocycles. The van der Waals surface area contributed by atoms with Gasteiger partial charge in [-0.15, -0.1) is 10.2 Å². The zero-order chi connectivity index (χ0) is 16.4. The Hall–Kier alpha value is -2.37. The van der Waals surface area contributed by atoms with Gasteiger partial charge in [-0.05, 0) is 18.2 Å². The summed E-state index contributed by atoms with van der Waals surface area (Å²) in [5, 5.41) is 13.5. The summed E-state index contributed by atoms with van der Waals surface area (Å²) >= 11 is 11.9. The Kier molecular flexibility index (Phi) is 4.32. The summed E-state index contributed by atoms with van der Waals surface area (Å²) in [5.41, 5.74) is 0.882. The molecular formula is C16H11Cl2N3O2. The lowest BCUT2D eigenvalue weighted by atomic mass is 10.1. The molecule has 0 amide bonds. The van der Waals surface area contributed by atoms with Crippen molar-refractivity contribution in [1.29, 1.82) is 0 Å². The van der Waals surface area contributed by atoms with E-state index in [9.17, 15) is 4.79 Å². The molecule has 1 aromatic heterocycles. The number of hydrogen-bond donors (Lipinski definition) is 1. The Morgan fingerprint density at radius 3 is 2.48 bits per heavy atom. The highest BCUT2D eigenvalue weighted by Gasteiger charge is 2.16. The average molecular weight is 348 g/mol. The van der Waals surface area contributed by atoms with Gasteiger partial charge in [0, 0.05) is 16.5 Å². The van der Waals surface area contributed by atoms with Crippen LogP contribution in [0, 0.1) is 0 Å². The third-order valence-electron chi connectivity index (χ3n) is 3.25. The van der Waals surface area contributed by atoms with Crippen molar-refractivity contribution in [2.75, 3.05) is 12.4 Å². The summed E-state index contributed by atoms with van der Waals surface area (Å²) in [5.74, 6) is -0.0265. The number of halogens is 2. The first kappa shape index (κ1) is 15.5. The van der Waals surface area contributed by atoms with Gasteiger partial charge < -0.3 is 10.1 Å². The predicted molar refractivity (Wildman–Crippen MR) is 90.6 cm³/mol. The van der Waals surface area contributed by atoms with Crippen LogP contribution in [0.2, 0.25) is 10.0 Å². The fourth-order valence-electron chi connectivity index (χ4n) is 2.15. The molecule has 1 heterocycles. The molecule has 5 nitrogen and oxygen atoms in total. The van der Waals surface area contributed by atoms with E-state index in [0.717, 1.165) is 5.39 Å². The third-order valence-corrected chi connectivity index (χ3v) is 3.99. The van der Waals surface area contributed by atoms with Gasteiger partial charge in [-0.3, -0.25) is 0 Å². The van der Waals surface area contributed by atoms with E-state index in [-0.39, 0.29) is 5.69 Å². The second-order valence-electron chi connectivity index (χ2n) is 4.69. The van der Waals surface area contributed by atoms with Gasteiger partial charge in [0.05, 0.1) is 17.2 Å². The number of fused-ring (bicyclic) bond motifs is 1. The summed E-state index contributed by atoms with van der Waals surface area (Å²) in [6, 6.07) is 12.5. The van der Waals surface area contributed by atoms with Crippen molar-refractivity contribution < 1.29 is 9.53 Å². The van der Waals surface area contributed by atoms with Gasteiger partial charge in [-0.2, -0.15) is 0 Å². The number of aromatic nitrogens is 2. The van der Waals surface area contributed by atoms with Gasteiger partial charge in [0.25, 0.3) is 0 Å². The van der Waals surface area contributed by atoms with Crippen LogP contribution in [-0.2, 0) is 4.74 Å². The molecule has 0 aliphatic heterocycles. The van der Waals surface area contributed by atoms with E-state index in [0.29, 0.717) is 26.9 Å². The highest BCUT2D eigenvalue weighted by Crippen LogP contribution is 2.29. The molecule has 116 valence electrons. The zero-order valence-corrected chi connectivity index (χ0v) is 13.5. The second kappa shape index (κ2) is 6.40. The molecule has 2 aromatic carbocycles. The van der Waals surface area contributed by atoms with Crippen LogP contribution in [0.1, 0.15) is 10.5 Å². The van der Waals surface area contributed by atoms with E-state index < -0.39 is 5.97 Å². The van der Waals surface area contributed by atoms with E-state index >= 15 is 0 Å². The largest absolute Gasteiger partial charge is 0.464 e. The molecule has 0 aliphatic carbocycles. The van der Waals surface area contributed by atoms with Gasteiger partial charge in [0.15, 0.2) is 11.5 Å². The molecule has 0 unspecified atom stereocenters. The van der Waals surface area contributed by atoms with Crippen LogP contribution in [0.15, 0.2) is 42.5 Å². The van der Waals surface area contributed by atoms with Gasteiger partial charge in [0.2, 0.25) is 0 Å². The Morgan fingerprint density at radius 1 is 1.04 bits per heavy atom. The number of carbonyl (C=O) groups is 1. The number of anilines is 2. The topological polar surface area (TPSA) is 64.1 Å². The van der Waals surface area contributed by atoms with Crippen LogP contribution < -0.4 is 5.32 Å². The van der Waals surface area contributed by atoms with E-state index in [1.807, 2.05) is 18.2 Å². The monoisotopic (exact) mass is 347 g/mol. The lowest BCUT2D eigenvalue weighted by molar-refractivity contribution is 0.0595. The van der Waals surface area contributed by atoms with Crippen molar-refractivity contribution in [2.24, 2.45) is 0 Å². The first-order chi connectivity index (χ1) is 11.1. The minimum absolute atomic E-state index is 0.169. The van der Waals surface area contributed by atoms with Crippen LogP contribution >= 0.6 is 23.2 Å². The van der Waals surface area contributed by atoms with Crippen molar-refractivity contribution in [1.82, 2.24) is 10.2 Å². The Labute approximate surface area is 142 Å². The van der Waals surface area contributed by atoms with E-state index in [1.54, 1.807) is 24.3 Å². The molecule has 0 saturated carbocycles. The molecule has 1 N–H and O–H groups in total. The number of esters is 1. The van der Waals surface area contributed by atoms with Gasteiger partial charge in [-0.1, -0.05) is 47.5 Å². The Morgan fingerprint density at radius 2 is 1.78 bits per heavy atom. The summed E-state index contributed by atoms with van der Waals surface area (Å²) in [6.45, 7) is 0. The lowest BCUT2D eigenvalue weighted by Gasteiger charge is -2.10. The molecule has 0 bridgehead atoms. The molecule has 7 heteroatoms. The normalized spacial score (nSPS) is 10.6. The maximum atomic E-state index is 11.8. The van der Waals surface area contributed by atoms with Crippen molar-refractivity contribution in [3.8, 4) is 0 Å². The summed E-state index contributed by atoms with van der Waals surface area (Å²) in [4.78, 5) is 11.8. The Balaban J connectivity index is 2.08. The Bertz CT molecular complexity index is 900. The van der Waals surface area contributed by atoms with Gasteiger partial charge in [0.1, 0.15) is 0 Å². The quantitative estimate of drug-likeness (QED) is 0.708. The number of nitrogens with zero attached hydrogens (tertiary/aromatic N) is 2. The smallest absolute Gasteiger partial charge is 0.359 e. The SMILES string of the molecule is COC(=O)c1nnc(Nc2ccc(Cl)c(Cl)c2)c2ccccc12. The average Bonchev–Trinajstić information content (AvgIpc) is 2.58. The van der Waals surface area contributed by atoms with Crippen LogP contribution in [0.3, 0.4) is 0 Å². The summed E-state index contributed by atoms with van der Waals surface area (Å²) in [7, 11) is 1.31. The molecular weight excluding hydrogens is 337 g/mol. The number of nitrogens with one attached hydrogen (secondary N) is 1. The zero-order valence-electron chi connectivity index (χ0n) is 12.0. The van der Waals surface area contributed by atoms with Crippen molar-refractivity contribution in [3.05, 3.63) is 58.2 Å². The standard InChI is InChI=1S/C16H11Cl2N3O2/c1-23-16(22)14-10-4-2-3-5-11(10)15(21-20-14)19-9-6-7-12(17)13(18)8-9/h2-8H,1H3,(H,19,21). The number of hydrogen-bond acceptors (Lipinski definition) is 5. The third kappa shape index (κ3) is 3.06. The van der Waals surface area contributed by atoms with Crippen LogP contribution in [0.25, 0.3) is 10.8 Å². The van der Waals surface area contributed by atoms with E-state index in [2.05, 4.69) is 15.5 Å². The number of benzene rings is 2. The highest BCUT2D eigenvalue weighted by molar-refractivity contribution is 6.42. The predicted octanol–water partition coefficient (Wildman–Crippen LogP) is 4.47. The van der Waals surface area contributed by atoms with Gasteiger partial charge >= 0.3 is 5.97 Å². The van der Waals surface area contributed by atoms with Crippen LogP contribution in [-0.4, -0.2) is 23.3 Å². The number of carbonyl (C=O) groups excluding carboxylic acids is 1. The first-order valence-electron chi connectivity index (χ1n) is 6.66. The molecule has 0 fully saturated rings. The maximum Gasteiger partial charge on any atom is 0.359 e. The summed E-state index contributed by atoms with van der Waals surface area (Å²) in [6.07, 6.45) is 0. The van der Waals surface area contributed by atoms with Crippen LogP contribution in [0.4, 0.5) is 11.5 Å². The second-order valence-corrected chi connectivity index (χ2v) is 5.50. The molecule has 23 heavy (non-hydrogen) atoms. The number of methoxy groups -OCH3 is 1. The highest BCUT2D eigenvalue weighted by atomic mass is 35.5. The van der Waals surface area contributed by atoms with Gasteiger partial charge in [-0.25, -0.2) is 4.79 Å². The van der Waals surface area contributed by atoms with Crippen molar-refractivity contribution in [3.63, 3.8) is 0 Å². The first-order valence-corrected chi connectivity index (χ1v) is 7.41. The number of ether oxygens (including phenoxy) is 1.